The number of likely N-dealkylation sites (tertiary alicyclic amines) is 1. The molecule has 0 aromatic heterocycles. The number of carboxylic acids is 1. The zero-order chi connectivity index (χ0) is 14.4. The minimum atomic E-state index is -1.22. The van der Waals surface area contributed by atoms with Gasteiger partial charge >= 0.3 is 12.1 Å². The Morgan fingerprint density at radius 1 is 1.37 bits per heavy atom. The van der Waals surface area contributed by atoms with Crippen LogP contribution < -0.4 is 0 Å². The molecule has 1 heterocycles. The topological polar surface area (TPSA) is 87.1 Å². The van der Waals surface area contributed by atoms with Crippen LogP contribution in [0.5, 0.6) is 0 Å². The molecule has 2 rings (SSSR count). The summed E-state index contributed by atoms with van der Waals surface area (Å²) < 4.78 is 5.27. The lowest BCUT2D eigenvalue weighted by Crippen LogP contribution is -2.57. The Kier molecular flexibility index (Phi) is 3.24. The van der Waals surface area contributed by atoms with E-state index in [2.05, 4.69) is 0 Å². The lowest BCUT2D eigenvalue weighted by atomic mass is 9.79. The van der Waals surface area contributed by atoms with Gasteiger partial charge in [-0.3, -0.25) is 4.79 Å². The van der Waals surface area contributed by atoms with Crippen molar-refractivity contribution < 1.29 is 24.5 Å². The molecule has 2 N–H and O–H groups in total. The molecule has 0 unspecified atom stereocenters. The molecule has 0 spiro atoms. The highest BCUT2D eigenvalue weighted by atomic mass is 16.6. The number of carbonyl (C=O) groups excluding carboxylic acids is 1. The van der Waals surface area contributed by atoms with Gasteiger partial charge in [0.1, 0.15) is 11.0 Å². The van der Waals surface area contributed by atoms with E-state index in [0.29, 0.717) is 19.4 Å². The van der Waals surface area contributed by atoms with Crippen LogP contribution in [-0.2, 0) is 9.53 Å². The number of nitrogens with zero attached hydrogens (tertiary/aromatic N) is 1. The fourth-order valence-corrected chi connectivity index (χ4v) is 3.02. The molecule has 1 aliphatic carbocycles. The summed E-state index contributed by atoms with van der Waals surface area (Å²) in [6, 6.07) is 0. The van der Waals surface area contributed by atoms with E-state index in [4.69, 9.17) is 4.74 Å². The highest BCUT2D eigenvalue weighted by Crippen LogP contribution is 2.47. The van der Waals surface area contributed by atoms with E-state index in [-0.39, 0.29) is 12.5 Å². The molecular formula is C13H21NO5. The van der Waals surface area contributed by atoms with Crippen LogP contribution in [0, 0.1) is 11.3 Å². The third-order valence-corrected chi connectivity index (χ3v) is 3.98. The maximum atomic E-state index is 12.0. The van der Waals surface area contributed by atoms with Gasteiger partial charge in [-0.2, -0.15) is 0 Å². The Bertz CT molecular complexity index is 402. The second-order valence-electron chi connectivity index (χ2n) is 6.57. The first kappa shape index (κ1) is 14.1. The van der Waals surface area contributed by atoms with Crippen LogP contribution in [0.4, 0.5) is 4.79 Å². The second-order valence-corrected chi connectivity index (χ2v) is 6.57. The number of carbonyl (C=O) groups is 2. The van der Waals surface area contributed by atoms with Gasteiger partial charge in [0.15, 0.2) is 0 Å². The second kappa shape index (κ2) is 4.37. The third-order valence-electron chi connectivity index (χ3n) is 3.98. The van der Waals surface area contributed by atoms with E-state index in [1.165, 1.54) is 4.90 Å². The number of aliphatic hydroxyl groups excluding tert-OH is 1. The van der Waals surface area contributed by atoms with E-state index in [1.807, 2.05) is 0 Å². The molecule has 0 aromatic carbocycles. The molecule has 19 heavy (non-hydrogen) atoms. The van der Waals surface area contributed by atoms with E-state index in [1.54, 1.807) is 20.8 Å². The summed E-state index contributed by atoms with van der Waals surface area (Å²) in [5.74, 6) is -1.20. The van der Waals surface area contributed by atoms with Gasteiger partial charge in [-0.25, -0.2) is 4.79 Å². The predicted molar refractivity (Wildman–Crippen MR) is 66.6 cm³/mol. The largest absolute Gasteiger partial charge is 0.481 e. The number of hydrogen-bond acceptors (Lipinski definition) is 4. The van der Waals surface area contributed by atoms with Gasteiger partial charge in [0.05, 0.1) is 6.10 Å². The molecule has 2 bridgehead atoms. The van der Waals surface area contributed by atoms with Crippen molar-refractivity contribution in [2.45, 2.75) is 45.3 Å². The van der Waals surface area contributed by atoms with Crippen molar-refractivity contribution in [3.8, 4) is 0 Å². The highest BCUT2D eigenvalue weighted by Gasteiger charge is 2.58. The molecular weight excluding hydrogens is 250 g/mol. The zero-order valence-electron chi connectivity index (χ0n) is 11.5. The highest BCUT2D eigenvalue weighted by molar-refractivity contribution is 5.78. The molecule has 2 fully saturated rings. The Hall–Kier alpha value is -1.30. The summed E-state index contributed by atoms with van der Waals surface area (Å²) >= 11 is 0. The molecule has 1 saturated carbocycles. The number of fused-ring (bicyclic) bond motifs is 2. The van der Waals surface area contributed by atoms with Crippen LogP contribution in [0.2, 0.25) is 0 Å². The minimum absolute atomic E-state index is 0.0227. The van der Waals surface area contributed by atoms with Gasteiger partial charge in [-0.05, 0) is 33.6 Å². The fourth-order valence-electron chi connectivity index (χ4n) is 3.02. The summed E-state index contributed by atoms with van der Waals surface area (Å²) in [5, 5.41) is 19.5. The lowest BCUT2D eigenvalue weighted by Gasteiger charge is -2.41. The number of aliphatic hydroxyl groups is 1. The average molecular weight is 271 g/mol. The molecule has 108 valence electrons. The van der Waals surface area contributed by atoms with Crippen molar-refractivity contribution in [3.63, 3.8) is 0 Å². The van der Waals surface area contributed by atoms with Crippen molar-refractivity contribution in [2.24, 2.45) is 11.3 Å². The van der Waals surface area contributed by atoms with Gasteiger partial charge in [0.2, 0.25) is 0 Å². The molecule has 2 aliphatic rings. The number of piperidine rings is 1. The number of rotatable bonds is 1. The summed E-state index contributed by atoms with van der Waals surface area (Å²) in [7, 11) is 0. The van der Waals surface area contributed by atoms with E-state index < -0.39 is 29.2 Å². The van der Waals surface area contributed by atoms with Crippen LogP contribution in [-0.4, -0.2) is 52.0 Å². The third kappa shape index (κ3) is 2.41. The summed E-state index contributed by atoms with van der Waals surface area (Å²) in [4.78, 5) is 24.9. The van der Waals surface area contributed by atoms with E-state index in [0.717, 1.165) is 0 Å². The van der Waals surface area contributed by atoms with Gasteiger partial charge < -0.3 is 19.8 Å². The summed E-state index contributed by atoms with van der Waals surface area (Å²) in [6.45, 7) is 5.70. The van der Waals surface area contributed by atoms with Gasteiger partial charge in [-0.1, -0.05) is 0 Å². The molecule has 1 aliphatic heterocycles. The Balaban J connectivity index is 2.15. The van der Waals surface area contributed by atoms with Crippen LogP contribution >= 0.6 is 0 Å². The average Bonchev–Trinajstić information content (AvgIpc) is 2.48. The maximum absolute atomic E-state index is 12.0. The number of ether oxygens (including phenoxy) is 1. The fraction of sp³-hybridized carbons (Fsp3) is 0.846. The van der Waals surface area contributed by atoms with E-state index in [9.17, 15) is 19.8 Å². The minimum Gasteiger partial charge on any atom is -0.481 e. The Morgan fingerprint density at radius 3 is 2.53 bits per heavy atom. The predicted octanol–water partition coefficient (Wildman–Crippen LogP) is 1.08. The van der Waals surface area contributed by atoms with Crippen molar-refractivity contribution >= 4 is 12.1 Å². The first-order valence-corrected chi connectivity index (χ1v) is 6.55. The SMILES string of the molecule is CC(C)(C)OC(=O)N1C[C@@H]2CC[C@](C(=O)O)(C1)[C@@H]2O. The first-order valence-electron chi connectivity index (χ1n) is 6.55. The van der Waals surface area contributed by atoms with E-state index >= 15 is 0 Å². The van der Waals surface area contributed by atoms with Crippen molar-refractivity contribution in [1.29, 1.82) is 0 Å². The Labute approximate surface area is 112 Å². The zero-order valence-corrected chi connectivity index (χ0v) is 11.5. The summed E-state index contributed by atoms with van der Waals surface area (Å²) in [6.07, 6.45) is -0.333. The van der Waals surface area contributed by atoms with Crippen LogP contribution in [0.1, 0.15) is 33.6 Å². The van der Waals surface area contributed by atoms with Crippen LogP contribution in [0.15, 0.2) is 0 Å². The first-order chi connectivity index (χ1) is 8.66. The molecule has 1 saturated heterocycles. The quantitative estimate of drug-likeness (QED) is 0.745. The van der Waals surface area contributed by atoms with Crippen molar-refractivity contribution in [1.82, 2.24) is 4.90 Å². The maximum Gasteiger partial charge on any atom is 0.410 e. The monoisotopic (exact) mass is 271 g/mol. The molecule has 0 aromatic rings. The normalized spacial score (nSPS) is 34.2. The molecule has 6 nitrogen and oxygen atoms in total. The van der Waals surface area contributed by atoms with Crippen LogP contribution in [0.3, 0.4) is 0 Å². The van der Waals surface area contributed by atoms with Crippen molar-refractivity contribution in [2.75, 3.05) is 13.1 Å². The standard InChI is InChI=1S/C13H21NO5/c1-12(2,3)19-11(18)14-6-8-4-5-13(7-14,9(8)15)10(16)17/h8-9,15H,4-7H2,1-3H3,(H,16,17)/t8-,9+,13-/m0/s1. The number of hydrogen-bond donors (Lipinski definition) is 2. The van der Waals surface area contributed by atoms with Gasteiger partial charge in [0, 0.05) is 19.0 Å². The number of amides is 1. The van der Waals surface area contributed by atoms with Crippen molar-refractivity contribution in [3.05, 3.63) is 0 Å². The lowest BCUT2D eigenvalue weighted by molar-refractivity contribution is -0.160. The van der Waals surface area contributed by atoms with Gasteiger partial charge in [0.25, 0.3) is 0 Å². The number of carboxylic acid groups (broad SMARTS) is 1. The molecule has 3 atom stereocenters. The molecule has 1 amide bonds. The summed E-state index contributed by atoms with van der Waals surface area (Å²) in [5.41, 5.74) is -1.83. The van der Waals surface area contributed by atoms with Crippen LogP contribution in [0.25, 0.3) is 0 Å². The Morgan fingerprint density at radius 2 is 2.00 bits per heavy atom. The van der Waals surface area contributed by atoms with Gasteiger partial charge in [-0.15, -0.1) is 0 Å². The molecule has 6 heteroatoms. The smallest absolute Gasteiger partial charge is 0.410 e. The molecule has 0 radical (unpaired) electrons. The number of aliphatic carboxylic acids is 1.